The molecule has 10 heteroatoms. The molecule has 0 aliphatic rings. The number of methoxy groups -OCH3 is 2. The lowest BCUT2D eigenvalue weighted by atomic mass is 10.2. The Morgan fingerprint density at radius 1 is 1.17 bits per heavy atom. The van der Waals surface area contributed by atoms with Crippen LogP contribution in [0.25, 0.3) is 22.4 Å². The number of nitrogens with one attached hydrogen (secondary N) is 2. The summed E-state index contributed by atoms with van der Waals surface area (Å²) in [7, 11) is 3.08. The quantitative estimate of drug-likeness (QED) is 0.515. The number of carbonyl (C=O) groups is 1. The van der Waals surface area contributed by atoms with E-state index in [1.165, 1.54) is 11.9 Å². The zero-order valence-corrected chi connectivity index (χ0v) is 16.1. The van der Waals surface area contributed by atoms with Crippen LogP contribution in [0.5, 0.6) is 11.5 Å². The zero-order valence-electron chi connectivity index (χ0n) is 16.1. The van der Waals surface area contributed by atoms with E-state index < -0.39 is 0 Å². The third-order valence-electron chi connectivity index (χ3n) is 4.28. The number of hydrogen-bond acceptors (Lipinski definition) is 7. The fraction of sp³-hybridized carbons (Fsp3) is 0.211. The molecule has 0 saturated heterocycles. The average molecular weight is 393 g/mol. The summed E-state index contributed by atoms with van der Waals surface area (Å²) in [5, 5.41) is 15.1. The Morgan fingerprint density at radius 2 is 2.03 bits per heavy atom. The molecule has 0 unspecified atom stereocenters. The molecular weight excluding hydrogens is 374 g/mol. The Labute approximate surface area is 165 Å². The molecular formula is C19H19N7O3. The number of fused-ring (bicyclic) bond motifs is 1. The van der Waals surface area contributed by atoms with Crippen molar-refractivity contribution < 1.29 is 14.3 Å². The number of aromatic nitrogens is 6. The second kappa shape index (κ2) is 7.58. The zero-order chi connectivity index (χ0) is 20.4. The van der Waals surface area contributed by atoms with E-state index in [0.717, 1.165) is 22.4 Å². The molecule has 0 aliphatic heterocycles. The summed E-state index contributed by atoms with van der Waals surface area (Å²) >= 11 is 0. The minimum absolute atomic E-state index is 0.0897. The number of imidazole rings is 1. The standard InChI is InChI=1S/C19H19N7O3/c1-11-20-14-6-4-12(8-16(14)21-11)19-23-25-26(24-19)10-18(27)22-15-7-5-13(28-2)9-17(15)29-3/h4-9H,10H2,1-3H3,(H,20,21)(H,22,27). The largest absolute Gasteiger partial charge is 0.497 e. The number of tetrazole rings is 1. The van der Waals surface area contributed by atoms with E-state index in [1.807, 2.05) is 25.1 Å². The summed E-state index contributed by atoms with van der Waals surface area (Å²) in [6.07, 6.45) is 0. The number of benzene rings is 2. The number of ether oxygens (including phenoxy) is 2. The number of rotatable bonds is 6. The van der Waals surface area contributed by atoms with Gasteiger partial charge in [-0.05, 0) is 42.5 Å². The maximum Gasteiger partial charge on any atom is 0.248 e. The predicted octanol–water partition coefficient (Wildman–Crippen LogP) is 2.18. The van der Waals surface area contributed by atoms with Gasteiger partial charge in [0.25, 0.3) is 0 Å². The first-order chi connectivity index (χ1) is 14.1. The number of amides is 1. The van der Waals surface area contributed by atoms with Crippen molar-refractivity contribution in [3.05, 3.63) is 42.2 Å². The van der Waals surface area contributed by atoms with E-state index >= 15 is 0 Å². The molecule has 0 radical (unpaired) electrons. The van der Waals surface area contributed by atoms with Crippen LogP contribution in [-0.4, -0.2) is 50.3 Å². The fourth-order valence-electron chi connectivity index (χ4n) is 2.92. The molecule has 2 heterocycles. The topological polar surface area (TPSA) is 120 Å². The van der Waals surface area contributed by atoms with Gasteiger partial charge >= 0.3 is 0 Å². The highest BCUT2D eigenvalue weighted by Gasteiger charge is 2.13. The Hall–Kier alpha value is -3.95. The van der Waals surface area contributed by atoms with E-state index in [0.29, 0.717) is 23.0 Å². The Kier molecular flexibility index (Phi) is 4.82. The molecule has 10 nitrogen and oxygen atoms in total. The first-order valence-electron chi connectivity index (χ1n) is 8.82. The van der Waals surface area contributed by atoms with Crippen molar-refractivity contribution in [2.45, 2.75) is 13.5 Å². The number of H-pyrrole nitrogens is 1. The molecule has 2 aromatic carbocycles. The van der Waals surface area contributed by atoms with Crippen molar-refractivity contribution >= 4 is 22.6 Å². The van der Waals surface area contributed by atoms with Gasteiger partial charge in [0, 0.05) is 11.6 Å². The lowest BCUT2D eigenvalue weighted by Gasteiger charge is -2.11. The molecule has 0 aliphatic carbocycles. The number of aryl methyl sites for hydroxylation is 1. The van der Waals surface area contributed by atoms with Crippen LogP contribution in [0.2, 0.25) is 0 Å². The molecule has 2 aromatic heterocycles. The highest BCUT2D eigenvalue weighted by molar-refractivity contribution is 5.92. The van der Waals surface area contributed by atoms with Crippen molar-refractivity contribution in [1.82, 2.24) is 30.2 Å². The molecule has 4 rings (SSSR count). The Bertz CT molecular complexity index is 1180. The van der Waals surface area contributed by atoms with Gasteiger partial charge in [-0.2, -0.15) is 4.80 Å². The first kappa shape index (κ1) is 18.4. The van der Waals surface area contributed by atoms with Gasteiger partial charge in [0.2, 0.25) is 11.7 Å². The summed E-state index contributed by atoms with van der Waals surface area (Å²) in [5.74, 6) is 2.07. The van der Waals surface area contributed by atoms with Crippen molar-refractivity contribution in [2.24, 2.45) is 0 Å². The number of aromatic amines is 1. The van der Waals surface area contributed by atoms with E-state index in [1.54, 1.807) is 25.3 Å². The lowest BCUT2D eigenvalue weighted by Crippen LogP contribution is -2.20. The SMILES string of the molecule is COc1ccc(NC(=O)Cn2nnc(-c3ccc4nc(C)[nH]c4c3)n2)c(OC)c1. The van der Waals surface area contributed by atoms with Crippen LogP contribution < -0.4 is 14.8 Å². The van der Waals surface area contributed by atoms with Crippen LogP contribution in [0, 0.1) is 6.92 Å². The summed E-state index contributed by atoms with van der Waals surface area (Å²) in [5.41, 5.74) is 3.07. The molecule has 4 aromatic rings. The monoisotopic (exact) mass is 393 g/mol. The smallest absolute Gasteiger partial charge is 0.248 e. The van der Waals surface area contributed by atoms with Gasteiger partial charge in [-0.25, -0.2) is 4.98 Å². The predicted molar refractivity (Wildman–Crippen MR) is 106 cm³/mol. The normalized spacial score (nSPS) is 10.9. The highest BCUT2D eigenvalue weighted by atomic mass is 16.5. The van der Waals surface area contributed by atoms with Gasteiger partial charge in [-0.3, -0.25) is 4.79 Å². The van der Waals surface area contributed by atoms with E-state index in [-0.39, 0.29) is 12.5 Å². The van der Waals surface area contributed by atoms with Crippen LogP contribution in [-0.2, 0) is 11.3 Å². The number of hydrogen-bond donors (Lipinski definition) is 2. The maximum absolute atomic E-state index is 12.4. The minimum Gasteiger partial charge on any atom is -0.497 e. The van der Waals surface area contributed by atoms with Crippen LogP contribution in [0.3, 0.4) is 0 Å². The summed E-state index contributed by atoms with van der Waals surface area (Å²) in [6.45, 7) is 1.80. The molecule has 0 saturated carbocycles. The van der Waals surface area contributed by atoms with E-state index in [2.05, 4.69) is 30.7 Å². The number of anilines is 1. The maximum atomic E-state index is 12.4. The number of carbonyl (C=O) groups excluding carboxylic acids is 1. The minimum atomic E-state index is -0.308. The Balaban J connectivity index is 1.47. The van der Waals surface area contributed by atoms with E-state index in [9.17, 15) is 4.79 Å². The van der Waals surface area contributed by atoms with Crippen LogP contribution in [0.15, 0.2) is 36.4 Å². The second-order valence-electron chi connectivity index (χ2n) is 6.31. The van der Waals surface area contributed by atoms with Crippen molar-refractivity contribution in [3.8, 4) is 22.9 Å². The molecule has 0 atom stereocenters. The van der Waals surface area contributed by atoms with Crippen molar-refractivity contribution in [1.29, 1.82) is 0 Å². The van der Waals surface area contributed by atoms with Crippen molar-refractivity contribution in [3.63, 3.8) is 0 Å². The van der Waals surface area contributed by atoms with Gasteiger partial charge in [-0.1, -0.05) is 0 Å². The van der Waals surface area contributed by atoms with Crippen molar-refractivity contribution in [2.75, 3.05) is 19.5 Å². The molecule has 1 amide bonds. The van der Waals surface area contributed by atoms with Crippen LogP contribution >= 0.6 is 0 Å². The average Bonchev–Trinajstić information content (AvgIpc) is 3.32. The molecule has 0 bridgehead atoms. The van der Waals surface area contributed by atoms with Crippen LogP contribution in [0.4, 0.5) is 5.69 Å². The van der Waals surface area contributed by atoms with Crippen LogP contribution in [0.1, 0.15) is 5.82 Å². The molecule has 0 spiro atoms. The van der Waals surface area contributed by atoms with E-state index in [4.69, 9.17) is 9.47 Å². The summed E-state index contributed by atoms with van der Waals surface area (Å²) in [4.78, 5) is 21.2. The van der Waals surface area contributed by atoms with Gasteiger partial charge in [0.15, 0.2) is 0 Å². The van der Waals surface area contributed by atoms with Gasteiger partial charge in [0.05, 0.1) is 30.9 Å². The Morgan fingerprint density at radius 3 is 2.83 bits per heavy atom. The highest BCUT2D eigenvalue weighted by Crippen LogP contribution is 2.29. The second-order valence-corrected chi connectivity index (χ2v) is 6.31. The third kappa shape index (κ3) is 3.86. The fourth-order valence-corrected chi connectivity index (χ4v) is 2.92. The summed E-state index contributed by atoms with van der Waals surface area (Å²) in [6, 6.07) is 10.8. The van der Waals surface area contributed by atoms with Gasteiger partial charge in [-0.15, -0.1) is 10.2 Å². The third-order valence-corrected chi connectivity index (χ3v) is 4.28. The molecule has 148 valence electrons. The lowest BCUT2D eigenvalue weighted by molar-refractivity contribution is -0.117. The summed E-state index contributed by atoms with van der Waals surface area (Å²) < 4.78 is 10.4. The molecule has 2 N–H and O–H groups in total. The van der Waals surface area contributed by atoms with Gasteiger partial charge < -0.3 is 19.8 Å². The molecule has 29 heavy (non-hydrogen) atoms. The number of nitrogens with zero attached hydrogens (tertiary/aromatic N) is 5. The van der Waals surface area contributed by atoms with Gasteiger partial charge in [0.1, 0.15) is 23.9 Å². The molecule has 0 fully saturated rings. The first-order valence-corrected chi connectivity index (χ1v) is 8.82.